The number of carboxylic acid groups (broad SMARTS) is 1. The van der Waals surface area contributed by atoms with Crippen molar-refractivity contribution in [3.63, 3.8) is 0 Å². The highest BCUT2D eigenvalue weighted by Gasteiger charge is 2.57. The van der Waals surface area contributed by atoms with Gasteiger partial charge in [-0.1, -0.05) is 60.7 Å². The molecule has 214 valence electrons. The first kappa shape index (κ1) is 28.3. The molecule has 0 saturated carbocycles. The predicted molar refractivity (Wildman–Crippen MR) is 146 cm³/mol. The van der Waals surface area contributed by atoms with Crippen molar-refractivity contribution in [2.75, 3.05) is 13.1 Å². The molecule has 3 fully saturated rings. The average Bonchev–Trinajstić information content (AvgIpc) is 3.48. The highest BCUT2D eigenvalue weighted by molar-refractivity contribution is 5.86. The SMILES string of the molecule is C[C@@H](OC(=O)[C@@H](N)CC(=O)O)OC(C(=O)OC1CC2CCC(C1)[N+]21CCCC1)(c1ccccc1)c1ccccc1. The number of nitrogens with zero attached hydrogens (tertiary/aromatic N) is 1. The lowest BCUT2D eigenvalue weighted by Crippen LogP contribution is -2.60. The van der Waals surface area contributed by atoms with Crippen molar-refractivity contribution < 1.29 is 38.2 Å². The van der Waals surface area contributed by atoms with Gasteiger partial charge in [0, 0.05) is 38.5 Å². The first-order valence-corrected chi connectivity index (χ1v) is 14.3. The number of hydrogen-bond acceptors (Lipinski definition) is 7. The number of benzene rings is 2. The van der Waals surface area contributed by atoms with Crippen molar-refractivity contribution in [1.29, 1.82) is 0 Å². The van der Waals surface area contributed by atoms with Crippen molar-refractivity contribution in [3.05, 3.63) is 71.8 Å². The third-order valence-corrected chi connectivity index (χ3v) is 9.00. The standard InChI is InChI=1S/C31H38N2O7/c1-21(38-29(36)27(32)20-28(34)35)40-31(22-10-4-2-5-11-22,23-12-6-3-7-13-23)30(37)39-26-18-24-14-15-25(19-26)33(24)16-8-9-17-33/h2-7,10-13,21,24-27H,8-9,14-20,32H2,1H3/p+1/t21-,24?,25?,26?,27-/m0/s1. The van der Waals surface area contributed by atoms with Gasteiger partial charge in [-0.25, -0.2) is 4.79 Å². The van der Waals surface area contributed by atoms with Gasteiger partial charge in [-0.15, -0.1) is 0 Å². The monoisotopic (exact) mass is 551 g/mol. The number of esters is 2. The van der Waals surface area contributed by atoms with E-state index in [0.717, 1.165) is 12.8 Å². The van der Waals surface area contributed by atoms with Gasteiger partial charge in [-0.05, 0) is 18.1 Å². The molecule has 0 aromatic heterocycles. The second-order valence-electron chi connectivity index (χ2n) is 11.4. The van der Waals surface area contributed by atoms with E-state index in [4.69, 9.17) is 25.1 Å². The van der Waals surface area contributed by atoms with Crippen LogP contribution in [-0.2, 0) is 34.2 Å². The number of rotatable bonds is 10. The summed E-state index contributed by atoms with van der Waals surface area (Å²) >= 11 is 0. The Hall–Kier alpha value is -3.27. The maximum Gasteiger partial charge on any atom is 0.348 e. The third-order valence-electron chi connectivity index (χ3n) is 9.00. The Balaban J connectivity index is 1.44. The fraction of sp³-hybridized carbons (Fsp3) is 0.516. The summed E-state index contributed by atoms with van der Waals surface area (Å²) < 4.78 is 19.3. The summed E-state index contributed by atoms with van der Waals surface area (Å²) in [6.45, 7) is 3.94. The van der Waals surface area contributed by atoms with E-state index < -0.39 is 42.3 Å². The molecule has 1 spiro atoms. The molecule has 2 aromatic carbocycles. The summed E-state index contributed by atoms with van der Waals surface area (Å²) in [4.78, 5) is 37.9. The Morgan fingerprint density at radius 1 is 0.950 bits per heavy atom. The zero-order chi connectivity index (χ0) is 28.3. The molecule has 3 aliphatic heterocycles. The number of hydrogen-bond donors (Lipinski definition) is 2. The first-order chi connectivity index (χ1) is 19.2. The minimum absolute atomic E-state index is 0.230. The largest absolute Gasteiger partial charge is 0.481 e. The van der Waals surface area contributed by atoms with Crippen LogP contribution in [0.2, 0.25) is 0 Å². The van der Waals surface area contributed by atoms with Crippen molar-refractivity contribution >= 4 is 17.9 Å². The molecule has 2 aromatic rings. The Bertz CT molecular complexity index is 1140. The number of ether oxygens (including phenoxy) is 3. The van der Waals surface area contributed by atoms with Gasteiger partial charge >= 0.3 is 17.9 Å². The molecule has 3 heterocycles. The molecule has 3 N–H and O–H groups in total. The number of piperidine rings is 1. The Morgan fingerprint density at radius 2 is 1.48 bits per heavy atom. The highest BCUT2D eigenvalue weighted by atomic mass is 16.7. The van der Waals surface area contributed by atoms with Crippen LogP contribution in [0.1, 0.15) is 63.0 Å². The van der Waals surface area contributed by atoms with Gasteiger partial charge in [0.15, 0.2) is 0 Å². The summed E-state index contributed by atoms with van der Waals surface area (Å²) in [5.74, 6) is -2.72. The molecule has 3 saturated heterocycles. The topological polar surface area (TPSA) is 125 Å². The Kier molecular flexibility index (Phi) is 8.26. The van der Waals surface area contributed by atoms with Crippen LogP contribution in [0, 0.1) is 0 Å². The quantitative estimate of drug-likeness (QED) is 0.261. The summed E-state index contributed by atoms with van der Waals surface area (Å²) in [5.41, 5.74) is 5.05. The summed E-state index contributed by atoms with van der Waals surface area (Å²) in [5, 5.41) is 9.01. The van der Waals surface area contributed by atoms with Crippen molar-refractivity contribution in [1.82, 2.24) is 0 Å². The molecular weight excluding hydrogens is 512 g/mol. The molecule has 2 unspecified atom stereocenters. The minimum atomic E-state index is -1.73. The number of aliphatic carboxylic acids is 1. The van der Waals surface area contributed by atoms with Gasteiger partial charge in [-0.2, -0.15) is 0 Å². The lowest BCUT2D eigenvalue weighted by molar-refractivity contribution is -0.956. The summed E-state index contributed by atoms with van der Waals surface area (Å²) in [7, 11) is 0. The van der Waals surface area contributed by atoms with E-state index in [1.807, 2.05) is 36.4 Å². The molecule has 9 nitrogen and oxygen atoms in total. The van der Waals surface area contributed by atoms with Crippen LogP contribution in [-0.4, -0.2) is 71.1 Å². The van der Waals surface area contributed by atoms with Crippen LogP contribution in [0.3, 0.4) is 0 Å². The maximum atomic E-state index is 14.4. The number of carboxylic acids is 1. The molecule has 0 aliphatic carbocycles. The average molecular weight is 552 g/mol. The van der Waals surface area contributed by atoms with Crippen LogP contribution in [0.25, 0.3) is 0 Å². The van der Waals surface area contributed by atoms with Gasteiger partial charge < -0.3 is 29.5 Å². The molecule has 40 heavy (non-hydrogen) atoms. The Labute approximate surface area is 234 Å². The molecular formula is C31H39N2O7+. The molecule has 2 bridgehead atoms. The molecule has 0 amide bonds. The van der Waals surface area contributed by atoms with Gasteiger partial charge in [0.05, 0.1) is 31.6 Å². The van der Waals surface area contributed by atoms with E-state index in [1.165, 1.54) is 50.2 Å². The minimum Gasteiger partial charge on any atom is -0.481 e. The van der Waals surface area contributed by atoms with E-state index in [-0.39, 0.29) is 6.10 Å². The zero-order valence-corrected chi connectivity index (χ0v) is 22.9. The third kappa shape index (κ3) is 5.38. The van der Waals surface area contributed by atoms with Crippen molar-refractivity contribution in [3.8, 4) is 0 Å². The van der Waals surface area contributed by atoms with Crippen LogP contribution < -0.4 is 5.73 Å². The van der Waals surface area contributed by atoms with Gasteiger partial charge in [0.25, 0.3) is 0 Å². The van der Waals surface area contributed by atoms with Crippen LogP contribution in [0.5, 0.6) is 0 Å². The zero-order valence-electron chi connectivity index (χ0n) is 22.9. The number of nitrogens with two attached hydrogens (primary N) is 1. The predicted octanol–water partition coefficient (Wildman–Crippen LogP) is 3.49. The van der Waals surface area contributed by atoms with E-state index in [0.29, 0.717) is 23.2 Å². The van der Waals surface area contributed by atoms with E-state index in [9.17, 15) is 14.4 Å². The molecule has 0 radical (unpaired) electrons. The molecule has 4 atom stereocenters. The van der Waals surface area contributed by atoms with Crippen LogP contribution in [0.15, 0.2) is 60.7 Å². The fourth-order valence-electron chi connectivity index (χ4n) is 7.27. The smallest absolute Gasteiger partial charge is 0.348 e. The molecule has 3 aliphatic rings. The van der Waals surface area contributed by atoms with Crippen molar-refractivity contribution in [2.45, 2.75) is 88.0 Å². The van der Waals surface area contributed by atoms with Crippen molar-refractivity contribution in [2.24, 2.45) is 5.73 Å². The van der Waals surface area contributed by atoms with Gasteiger partial charge in [-0.3, -0.25) is 9.59 Å². The van der Waals surface area contributed by atoms with Crippen LogP contribution in [0.4, 0.5) is 0 Å². The number of carbonyl (C=O) groups excluding carboxylic acids is 2. The highest BCUT2D eigenvalue weighted by Crippen LogP contribution is 2.47. The van der Waals surface area contributed by atoms with Crippen LogP contribution >= 0.6 is 0 Å². The number of carbonyl (C=O) groups is 3. The second kappa shape index (κ2) is 11.7. The van der Waals surface area contributed by atoms with Gasteiger partial charge in [0.1, 0.15) is 12.1 Å². The maximum absolute atomic E-state index is 14.4. The van der Waals surface area contributed by atoms with E-state index in [2.05, 4.69) is 0 Å². The summed E-state index contributed by atoms with van der Waals surface area (Å²) in [6.07, 6.45) is 4.48. The fourth-order valence-corrected chi connectivity index (χ4v) is 7.27. The lowest BCUT2D eigenvalue weighted by Gasteiger charge is -2.47. The van der Waals surface area contributed by atoms with E-state index >= 15 is 0 Å². The molecule has 5 rings (SSSR count). The first-order valence-electron chi connectivity index (χ1n) is 14.3. The lowest BCUT2D eigenvalue weighted by atomic mass is 9.85. The Morgan fingerprint density at radius 3 is 1.98 bits per heavy atom. The van der Waals surface area contributed by atoms with E-state index in [1.54, 1.807) is 24.3 Å². The second-order valence-corrected chi connectivity index (χ2v) is 11.4. The normalized spacial score (nSPS) is 24.8. The summed E-state index contributed by atoms with van der Waals surface area (Å²) in [6, 6.07) is 17.7. The number of quaternary nitrogens is 1. The van der Waals surface area contributed by atoms with Gasteiger partial charge in [0.2, 0.25) is 11.9 Å². The molecule has 9 heteroatoms.